The summed E-state index contributed by atoms with van der Waals surface area (Å²) < 4.78 is 13.7. The van der Waals surface area contributed by atoms with Crippen LogP contribution in [-0.4, -0.2) is 0 Å². The molecule has 5 heteroatoms. The largest absolute Gasteiger partial charge is 0.397 e. The van der Waals surface area contributed by atoms with Gasteiger partial charge in [0.25, 0.3) is 0 Å². The predicted molar refractivity (Wildman–Crippen MR) is 73.0 cm³/mol. The molecule has 0 fully saturated rings. The number of para-hydroxylation sites is 1. The zero-order chi connectivity index (χ0) is 13.1. The van der Waals surface area contributed by atoms with Crippen LogP contribution < -0.4 is 11.1 Å². The molecule has 0 aliphatic rings. The Labute approximate surface area is 112 Å². The van der Waals surface area contributed by atoms with Gasteiger partial charge >= 0.3 is 0 Å². The van der Waals surface area contributed by atoms with E-state index in [-0.39, 0.29) is 0 Å². The third-order valence-electron chi connectivity index (χ3n) is 2.41. The maximum Gasteiger partial charge on any atom is 0.139 e. The van der Waals surface area contributed by atoms with Crippen molar-refractivity contribution in [2.75, 3.05) is 11.1 Å². The van der Waals surface area contributed by atoms with E-state index in [0.717, 1.165) is 0 Å². The predicted octanol–water partition coefficient (Wildman–Crippen LogP) is 3.79. The normalized spacial score (nSPS) is 9.83. The van der Waals surface area contributed by atoms with Gasteiger partial charge in [0.15, 0.2) is 0 Å². The van der Waals surface area contributed by atoms with Crippen molar-refractivity contribution in [1.29, 1.82) is 5.26 Å². The van der Waals surface area contributed by atoms with Crippen molar-refractivity contribution in [3.05, 3.63) is 52.3 Å². The Bertz CT molecular complexity index is 635. The summed E-state index contributed by atoms with van der Waals surface area (Å²) in [6, 6.07) is 11.8. The first-order chi connectivity index (χ1) is 8.61. The van der Waals surface area contributed by atoms with Crippen LogP contribution in [0.2, 0.25) is 0 Å². The minimum Gasteiger partial charge on any atom is -0.397 e. The summed E-state index contributed by atoms with van der Waals surface area (Å²) in [6.45, 7) is 0. The summed E-state index contributed by atoms with van der Waals surface area (Å²) in [6.07, 6.45) is 0. The van der Waals surface area contributed by atoms with Gasteiger partial charge in [-0.05, 0) is 34.1 Å². The van der Waals surface area contributed by atoms with E-state index >= 15 is 0 Å². The highest BCUT2D eigenvalue weighted by atomic mass is 79.9. The van der Waals surface area contributed by atoms with Crippen LogP contribution in [0.15, 0.2) is 40.9 Å². The van der Waals surface area contributed by atoms with Crippen LogP contribution in [0.1, 0.15) is 5.56 Å². The van der Waals surface area contributed by atoms with Gasteiger partial charge in [0, 0.05) is 6.07 Å². The van der Waals surface area contributed by atoms with Crippen LogP contribution in [0.4, 0.5) is 21.5 Å². The lowest BCUT2D eigenvalue weighted by molar-refractivity contribution is 0.622. The van der Waals surface area contributed by atoms with Gasteiger partial charge in [-0.2, -0.15) is 5.26 Å². The molecule has 0 aliphatic heterocycles. The summed E-state index contributed by atoms with van der Waals surface area (Å²) in [5.74, 6) is -0.416. The SMILES string of the molecule is N#Cc1ccccc1Nc1cc(F)c(Br)cc1N. The van der Waals surface area contributed by atoms with Gasteiger partial charge in [0.05, 0.1) is 27.1 Å². The molecule has 0 aliphatic carbocycles. The van der Waals surface area contributed by atoms with E-state index in [9.17, 15) is 4.39 Å². The molecular weight excluding hydrogens is 297 g/mol. The lowest BCUT2D eigenvalue weighted by Gasteiger charge is -2.11. The van der Waals surface area contributed by atoms with E-state index in [1.165, 1.54) is 12.1 Å². The number of anilines is 3. The van der Waals surface area contributed by atoms with Crippen molar-refractivity contribution in [1.82, 2.24) is 0 Å². The van der Waals surface area contributed by atoms with Crippen LogP contribution >= 0.6 is 15.9 Å². The average Bonchev–Trinajstić information content (AvgIpc) is 2.36. The maximum absolute atomic E-state index is 13.4. The molecule has 0 bridgehead atoms. The van der Waals surface area contributed by atoms with Crippen LogP contribution in [0.5, 0.6) is 0 Å². The quantitative estimate of drug-likeness (QED) is 0.830. The van der Waals surface area contributed by atoms with Gasteiger partial charge in [-0.3, -0.25) is 0 Å². The first-order valence-electron chi connectivity index (χ1n) is 5.12. The topological polar surface area (TPSA) is 61.8 Å². The highest BCUT2D eigenvalue weighted by molar-refractivity contribution is 9.10. The molecule has 0 atom stereocenters. The van der Waals surface area contributed by atoms with E-state index < -0.39 is 5.82 Å². The molecule has 0 heterocycles. The van der Waals surface area contributed by atoms with E-state index in [1.807, 2.05) is 0 Å². The van der Waals surface area contributed by atoms with Gasteiger partial charge in [0.1, 0.15) is 11.9 Å². The number of hydrogen-bond donors (Lipinski definition) is 2. The van der Waals surface area contributed by atoms with Crippen molar-refractivity contribution in [2.24, 2.45) is 0 Å². The molecule has 90 valence electrons. The van der Waals surface area contributed by atoms with Gasteiger partial charge in [-0.15, -0.1) is 0 Å². The minimum atomic E-state index is -0.416. The van der Waals surface area contributed by atoms with Crippen LogP contribution in [0.25, 0.3) is 0 Å². The third kappa shape index (κ3) is 2.44. The number of nitrogens with one attached hydrogen (secondary N) is 1. The molecule has 0 radical (unpaired) electrons. The number of nitrogen functional groups attached to an aromatic ring is 1. The van der Waals surface area contributed by atoms with Gasteiger partial charge < -0.3 is 11.1 Å². The summed E-state index contributed by atoms with van der Waals surface area (Å²) in [7, 11) is 0. The number of nitrogens with two attached hydrogens (primary N) is 1. The Hall–Kier alpha value is -2.06. The maximum atomic E-state index is 13.4. The number of hydrogen-bond acceptors (Lipinski definition) is 3. The Kier molecular flexibility index (Phi) is 3.49. The first kappa shape index (κ1) is 12.4. The smallest absolute Gasteiger partial charge is 0.139 e. The van der Waals surface area contributed by atoms with E-state index in [0.29, 0.717) is 27.1 Å². The Morgan fingerprint density at radius 3 is 2.67 bits per heavy atom. The van der Waals surface area contributed by atoms with Crippen molar-refractivity contribution in [3.8, 4) is 6.07 Å². The number of nitrogens with zero attached hydrogens (tertiary/aromatic N) is 1. The van der Waals surface area contributed by atoms with E-state index in [2.05, 4.69) is 27.3 Å². The number of nitriles is 1. The van der Waals surface area contributed by atoms with Crippen LogP contribution in [-0.2, 0) is 0 Å². The fraction of sp³-hybridized carbons (Fsp3) is 0. The summed E-state index contributed by atoms with van der Waals surface area (Å²) in [5, 5.41) is 11.9. The Morgan fingerprint density at radius 2 is 1.94 bits per heavy atom. The standard InChI is InChI=1S/C13H9BrFN3/c14-9-5-11(17)13(6-10(9)15)18-12-4-2-1-3-8(12)7-16/h1-6,18H,17H2. The monoisotopic (exact) mass is 305 g/mol. The average molecular weight is 306 g/mol. The zero-order valence-corrected chi connectivity index (χ0v) is 10.8. The molecule has 2 aromatic rings. The number of rotatable bonds is 2. The van der Waals surface area contributed by atoms with Crippen molar-refractivity contribution in [2.45, 2.75) is 0 Å². The second-order valence-corrected chi connectivity index (χ2v) is 4.49. The highest BCUT2D eigenvalue weighted by Crippen LogP contribution is 2.29. The van der Waals surface area contributed by atoms with Crippen LogP contribution in [0.3, 0.4) is 0 Å². The molecule has 2 aromatic carbocycles. The molecule has 18 heavy (non-hydrogen) atoms. The number of halogens is 2. The van der Waals surface area contributed by atoms with E-state index in [4.69, 9.17) is 11.0 Å². The summed E-state index contributed by atoms with van der Waals surface area (Å²) in [5.41, 5.74) is 7.68. The third-order valence-corrected chi connectivity index (χ3v) is 3.02. The molecule has 3 nitrogen and oxygen atoms in total. The van der Waals surface area contributed by atoms with Gasteiger partial charge in [-0.1, -0.05) is 12.1 Å². The fourth-order valence-corrected chi connectivity index (χ4v) is 1.87. The van der Waals surface area contributed by atoms with Crippen LogP contribution in [0, 0.1) is 17.1 Å². The van der Waals surface area contributed by atoms with Gasteiger partial charge in [0.2, 0.25) is 0 Å². The Balaban J connectivity index is 2.41. The molecule has 0 unspecified atom stereocenters. The molecule has 2 rings (SSSR count). The molecule has 3 N–H and O–H groups in total. The van der Waals surface area contributed by atoms with Crippen molar-refractivity contribution >= 4 is 33.0 Å². The number of benzene rings is 2. The molecule has 0 aromatic heterocycles. The van der Waals surface area contributed by atoms with Crippen molar-refractivity contribution in [3.63, 3.8) is 0 Å². The minimum absolute atomic E-state index is 0.305. The second kappa shape index (κ2) is 5.07. The van der Waals surface area contributed by atoms with Gasteiger partial charge in [-0.25, -0.2) is 4.39 Å². The fourth-order valence-electron chi connectivity index (χ4n) is 1.51. The second-order valence-electron chi connectivity index (χ2n) is 3.64. The molecular formula is C13H9BrFN3. The van der Waals surface area contributed by atoms with E-state index in [1.54, 1.807) is 24.3 Å². The first-order valence-corrected chi connectivity index (χ1v) is 5.92. The zero-order valence-electron chi connectivity index (χ0n) is 9.24. The Morgan fingerprint density at radius 1 is 1.22 bits per heavy atom. The summed E-state index contributed by atoms with van der Waals surface area (Å²) in [4.78, 5) is 0. The lowest BCUT2D eigenvalue weighted by Crippen LogP contribution is -1.99. The molecule has 0 saturated carbocycles. The highest BCUT2D eigenvalue weighted by Gasteiger charge is 2.08. The molecule has 0 spiro atoms. The lowest BCUT2D eigenvalue weighted by atomic mass is 10.2. The van der Waals surface area contributed by atoms with Crippen molar-refractivity contribution < 1.29 is 4.39 Å². The molecule has 0 amide bonds. The molecule has 0 saturated heterocycles. The summed E-state index contributed by atoms with van der Waals surface area (Å²) >= 11 is 3.06.